The molecule has 3 N–H and O–H groups in total. The third kappa shape index (κ3) is 2.85. The van der Waals surface area contributed by atoms with Crippen molar-refractivity contribution in [2.75, 3.05) is 19.5 Å². The molecule has 2 aromatic heterocycles. The van der Waals surface area contributed by atoms with Gasteiger partial charge in [-0.2, -0.15) is 0 Å². The maximum Gasteiger partial charge on any atom is 0.264 e. The second-order valence-corrected chi connectivity index (χ2v) is 6.04. The standard InChI is InChI=1S/C13H17N3O2S/c1-13(2,7-18-3)16-12(17)11-10(14)8-4-5-15-6-9(8)19-11/h4-6H,7,14H2,1-3H3,(H,16,17). The summed E-state index contributed by atoms with van der Waals surface area (Å²) in [7, 11) is 1.60. The van der Waals surface area contributed by atoms with Crippen LogP contribution in [0.4, 0.5) is 5.69 Å². The van der Waals surface area contributed by atoms with Crippen LogP contribution in [-0.4, -0.2) is 30.1 Å². The van der Waals surface area contributed by atoms with Gasteiger partial charge in [0.25, 0.3) is 5.91 Å². The van der Waals surface area contributed by atoms with E-state index in [-0.39, 0.29) is 5.91 Å². The highest BCUT2D eigenvalue weighted by Crippen LogP contribution is 2.32. The number of anilines is 1. The van der Waals surface area contributed by atoms with E-state index in [9.17, 15) is 4.79 Å². The summed E-state index contributed by atoms with van der Waals surface area (Å²) in [4.78, 5) is 16.8. The Morgan fingerprint density at radius 1 is 1.58 bits per heavy atom. The van der Waals surface area contributed by atoms with Crippen molar-refractivity contribution in [3.63, 3.8) is 0 Å². The lowest BCUT2D eigenvalue weighted by atomic mass is 10.1. The van der Waals surface area contributed by atoms with E-state index in [2.05, 4.69) is 10.3 Å². The van der Waals surface area contributed by atoms with Crippen LogP contribution in [0.3, 0.4) is 0 Å². The summed E-state index contributed by atoms with van der Waals surface area (Å²) in [6.45, 7) is 4.24. The molecular formula is C13H17N3O2S. The Labute approximate surface area is 115 Å². The van der Waals surface area contributed by atoms with Gasteiger partial charge in [-0.25, -0.2) is 0 Å². The number of nitrogen functional groups attached to an aromatic ring is 1. The van der Waals surface area contributed by atoms with Crippen molar-refractivity contribution in [1.29, 1.82) is 0 Å². The summed E-state index contributed by atoms with van der Waals surface area (Å²) in [6.07, 6.45) is 3.38. The van der Waals surface area contributed by atoms with Crippen LogP contribution < -0.4 is 11.1 Å². The summed E-state index contributed by atoms with van der Waals surface area (Å²) < 4.78 is 5.99. The summed E-state index contributed by atoms with van der Waals surface area (Å²) in [5.74, 6) is -0.180. The molecule has 2 aromatic rings. The Kier molecular flexibility index (Phi) is 3.73. The van der Waals surface area contributed by atoms with Crippen LogP contribution in [0, 0.1) is 0 Å². The Morgan fingerprint density at radius 3 is 2.95 bits per heavy atom. The minimum absolute atomic E-state index is 0.180. The molecule has 5 nitrogen and oxygen atoms in total. The number of hydrogen-bond donors (Lipinski definition) is 2. The smallest absolute Gasteiger partial charge is 0.264 e. The molecule has 2 heterocycles. The highest BCUT2D eigenvalue weighted by Gasteiger charge is 2.24. The number of carbonyl (C=O) groups is 1. The van der Waals surface area contributed by atoms with Crippen molar-refractivity contribution in [2.45, 2.75) is 19.4 Å². The zero-order chi connectivity index (χ0) is 14.0. The van der Waals surface area contributed by atoms with E-state index in [1.54, 1.807) is 19.5 Å². The number of hydrogen-bond acceptors (Lipinski definition) is 5. The van der Waals surface area contributed by atoms with E-state index in [1.807, 2.05) is 19.9 Å². The molecular weight excluding hydrogens is 262 g/mol. The van der Waals surface area contributed by atoms with Crippen molar-refractivity contribution in [3.05, 3.63) is 23.3 Å². The van der Waals surface area contributed by atoms with Gasteiger partial charge in [0.1, 0.15) is 4.88 Å². The number of aromatic nitrogens is 1. The first-order valence-corrected chi connectivity index (χ1v) is 6.70. The van der Waals surface area contributed by atoms with Gasteiger partial charge in [0.05, 0.1) is 22.5 Å². The first-order chi connectivity index (χ1) is 8.94. The molecule has 0 atom stereocenters. The zero-order valence-electron chi connectivity index (χ0n) is 11.2. The van der Waals surface area contributed by atoms with Gasteiger partial charge in [-0.05, 0) is 19.9 Å². The highest BCUT2D eigenvalue weighted by atomic mass is 32.1. The van der Waals surface area contributed by atoms with Gasteiger partial charge >= 0.3 is 0 Å². The average molecular weight is 279 g/mol. The van der Waals surface area contributed by atoms with Crippen LogP contribution in [0.25, 0.3) is 10.1 Å². The van der Waals surface area contributed by atoms with Gasteiger partial charge in [-0.3, -0.25) is 9.78 Å². The molecule has 0 saturated carbocycles. The third-order valence-corrected chi connectivity index (χ3v) is 3.85. The maximum atomic E-state index is 12.3. The second kappa shape index (κ2) is 5.14. The number of fused-ring (bicyclic) bond motifs is 1. The van der Waals surface area contributed by atoms with Gasteiger partial charge in [-0.1, -0.05) is 0 Å². The van der Waals surface area contributed by atoms with Crippen molar-refractivity contribution in [3.8, 4) is 0 Å². The minimum atomic E-state index is -0.438. The molecule has 0 fully saturated rings. The molecule has 0 aromatic carbocycles. The fourth-order valence-electron chi connectivity index (χ4n) is 1.90. The highest BCUT2D eigenvalue weighted by molar-refractivity contribution is 7.21. The number of nitrogens with zero attached hydrogens (tertiary/aromatic N) is 1. The van der Waals surface area contributed by atoms with Gasteiger partial charge < -0.3 is 15.8 Å². The summed E-state index contributed by atoms with van der Waals surface area (Å²) in [5.41, 5.74) is 6.09. The number of amides is 1. The number of carbonyl (C=O) groups excluding carboxylic acids is 1. The zero-order valence-corrected chi connectivity index (χ0v) is 12.0. The van der Waals surface area contributed by atoms with Crippen LogP contribution in [0.15, 0.2) is 18.5 Å². The summed E-state index contributed by atoms with van der Waals surface area (Å²) in [5, 5.41) is 3.79. The Hall–Kier alpha value is -1.66. The number of nitrogens with one attached hydrogen (secondary N) is 1. The van der Waals surface area contributed by atoms with Crippen LogP contribution in [0.5, 0.6) is 0 Å². The van der Waals surface area contributed by atoms with E-state index in [1.165, 1.54) is 11.3 Å². The predicted molar refractivity (Wildman–Crippen MR) is 77.5 cm³/mol. The topological polar surface area (TPSA) is 77.2 Å². The van der Waals surface area contributed by atoms with Gasteiger partial charge in [0, 0.05) is 24.9 Å². The molecule has 0 aliphatic carbocycles. The minimum Gasteiger partial charge on any atom is -0.397 e. The van der Waals surface area contributed by atoms with Crippen molar-refractivity contribution in [2.24, 2.45) is 0 Å². The normalized spacial score (nSPS) is 11.7. The quantitative estimate of drug-likeness (QED) is 0.897. The lowest BCUT2D eigenvalue weighted by molar-refractivity contribution is 0.0824. The molecule has 0 aliphatic rings. The predicted octanol–water partition coefficient (Wildman–Crippen LogP) is 2.03. The third-order valence-electron chi connectivity index (χ3n) is 2.69. The first-order valence-electron chi connectivity index (χ1n) is 5.88. The summed E-state index contributed by atoms with van der Waals surface area (Å²) in [6, 6.07) is 1.82. The van der Waals surface area contributed by atoms with Crippen LogP contribution in [-0.2, 0) is 4.74 Å². The maximum absolute atomic E-state index is 12.3. The molecule has 0 bridgehead atoms. The Bertz CT molecular complexity index is 607. The van der Waals surface area contributed by atoms with Crippen LogP contribution in [0.1, 0.15) is 23.5 Å². The number of thiophene rings is 1. The van der Waals surface area contributed by atoms with Gasteiger partial charge in [0.15, 0.2) is 0 Å². The van der Waals surface area contributed by atoms with Crippen molar-refractivity contribution in [1.82, 2.24) is 10.3 Å². The lowest BCUT2D eigenvalue weighted by Gasteiger charge is -2.24. The molecule has 0 aliphatic heterocycles. The van der Waals surface area contributed by atoms with E-state index in [0.29, 0.717) is 17.2 Å². The van der Waals surface area contributed by atoms with E-state index in [0.717, 1.165) is 10.1 Å². The Balaban J connectivity index is 2.29. The summed E-state index contributed by atoms with van der Waals surface area (Å²) >= 11 is 1.35. The average Bonchev–Trinajstić information content (AvgIpc) is 2.67. The number of nitrogens with two attached hydrogens (primary N) is 1. The largest absolute Gasteiger partial charge is 0.397 e. The molecule has 1 amide bonds. The van der Waals surface area contributed by atoms with Crippen LogP contribution in [0.2, 0.25) is 0 Å². The number of rotatable bonds is 4. The van der Waals surface area contributed by atoms with E-state index in [4.69, 9.17) is 10.5 Å². The second-order valence-electron chi connectivity index (χ2n) is 4.99. The molecule has 0 saturated heterocycles. The molecule has 6 heteroatoms. The molecule has 19 heavy (non-hydrogen) atoms. The number of ether oxygens (including phenoxy) is 1. The van der Waals surface area contributed by atoms with Crippen LogP contribution >= 0.6 is 11.3 Å². The number of pyridine rings is 1. The fraction of sp³-hybridized carbons (Fsp3) is 0.385. The molecule has 0 unspecified atom stereocenters. The van der Waals surface area contributed by atoms with E-state index < -0.39 is 5.54 Å². The number of methoxy groups -OCH3 is 1. The Morgan fingerprint density at radius 2 is 2.32 bits per heavy atom. The first kappa shape index (κ1) is 13.8. The van der Waals surface area contributed by atoms with Gasteiger partial charge in [0.2, 0.25) is 0 Å². The SMILES string of the molecule is COCC(C)(C)NC(=O)c1sc2cnccc2c1N. The lowest BCUT2D eigenvalue weighted by Crippen LogP contribution is -2.46. The fourth-order valence-corrected chi connectivity index (χ4v) is 2.89. The molecule has 2 rings (SSSR count). The van der Waals surface area contributed by atoms with E-state index >= 15 is 0 Å². The van der Waals surface area contributed by atoms with Crippen molar-refractivity contribution >= 4 is 33.0 Å². The van der Waals surface area contributed by atoms with Gasteiger partial charge in [-0.15, -0.1) is 11.3 Å². The monoisotopic (exact) mass is 279 g/mol. The van der Waals surface area contributed by atoms with Crippen molar-refractivity contribution < 1.29 is 9.53 Å². The molecule has 0 spiro atoms. The molecule has 0 radical (unpaired) electrons. The molecule has 102 valence electrons.